The summed E-state index contributed by atoms with van der Waals surface area (Å²) in [6.07, 6.45) is 1.67. The van der Waals surface area contributed by atoms with E-state index in [1.807, 2.05) is 60.9 Å². The molecule has 3 N–H and O–H groups in total. The van der Waals surface area contributed by atoms with Crippen LogP contribution < -0.4 is 15.4 Å². The Morgan fingerprint density at radius 1 is 0.975 bits per heavy atom. The van der Waals surface area contributed by atoms with Crippen molar-refractivity contribution in [2.24, 2.45) is 0 Å². The number of aromatic nitrogens is 2. The number of hydrogen-bond donors (Lipinski definition) is 3. The van der Waals surface area contributed by atoms with Gasteiger partial charge in [0.25, 0.3) is 0 Å². The largest absolute Gasteiger partial charge is 0.497 e. The van der Waals surface area contributed by atoms with Crippen LogP contribution in [-0.2, 0) is 13.0 Å². The average Bonchev–Trinajstić information content (AvgIpc) is 2.95. The highest BCUT2D eigenvalue weighted by Crippen LogP contribution is 2.35. The minimum atomic E-state index is -0.876. The van der Waals surface area contributed by atoms with Gasteiger partial charge in [0.05, 0.1) is 24.8 Å². The second-order valence-corrected chi connectivity index (χ2v) is 10.3. The number of ether oxygens (including phenoxy) is 1. The molecule has 40 heavy (non-hydrogen) atoms. The monoisotopic (exact) mass is 584 g/mol. The molecule has 6 nitrogen and oxygen atoms in total. The van der Waals surface area contributed by atoms with Crippen LogP contribution in [-0.4, -0.2) is 47.1 Å². The Bertz CT molecular complexity index is 1390. The van der Waals surface area contributed by atoms with Crippen molar-refractivity contribution in [2.75, 3.05) is 25.2 Å². The van der Waals surface area contributed by atoms with Crippen molar-refractivity contribution in [3.05, 3.63) is 101 Å². The molecule has 4 aromatic rings. The van der Waals surface area contributed by atoms with Gasteiger partial charge in [-0.15, -0.1) is 0 Å². The lowest BCUT2D eigenvalue weighted by Crippen LogP contribution is -2.41. The number of nitrogens with zero attached hydrogens (tertiary/aromatic N) is 2. The predicted molar refractivity (Wildman–Crippen MR) is 157 cm³/mol. The summed E-state index contributed by atoms with van der Waals surface area (Å²) in [5.74, 6) is -0.0599. The summed E-state index contributed by atoms with van der Waals surface area (Å²) >= 11 is 7.97. The topological polar surface area (TPSA) is 79.3 Å². The minimum Gasteiger partial charge on any atom is -0.497 e. The summed E-state index contributed by atoms with van der Waals surface area (Å²) in [5, 5.41) is 18.7. The van der Waals surface area contributed by atoms with Crippen molar-refractivity contribution in [3.8, 4) is 16.9 Å². The highest BCUT2D eigenvalue weighted by molar-refractivity contribution is 7.98. The molecule has 0 aliphatic heterocycles. The van der Waals surface area contributed by atoms with Crippen molar-refractivity contribution < 1.29 is 18.6 Å². The number of halogens is 3. The molecule has 0 aliphatic rings. The number of methoxy groups -OCH3 is 1. The first-order valence-electron chi connectivity index (χ1n) is 12.8. The van der Waals surface area contributed by atoms with Crippen LogP contribution in [0.2, 0.25) is 5.15 Å². The van der Waals surface area contributed by atoms with Gasteiger partial charge < -0.3 is 20.5 Å². The summed E-state index contributed by atoms with van der Waals surface area (Å²) in [6, 6.07) is 20.1. The van der Waals surface area contributed by atoms with Gasteiger partial charge >= 0.3 is 0 Å². The molecule has 0 saturated heterocycles. The predicted octanol–water partition coefficient (Wildman–Crippen LogP) is 6.37. The molecule has 0 fully saturated rings. The summed E-state index contributed by atoms with van der Waals surface area (Å²) in [7, 11) is 1.61. The van der Waals surface area contributed by atoms with Crippen molar-refractivity contribution in [2.45, 2.75) is 36.7 Å². The molecule has 0 saturated carbocycles. The molecule has 210 valence electrons. The first-order valence-corrected chi connectivity index (χ1v) is 14.4. The van der Waals surface area contributed by atoms with Gasteiger partial charge in [-0.25, -0.2) is 18.7 Å². The van der Waals surface area contributed by atoms with Crippen molar-refractivity contribution in [3.63, 3.8) is 0 Å². The van der Waals surface area contributed by atoms with E-state index in [1.54, 1.807) is 7.11 Å². The summed E-state index contributed by atoms with van der Waals surface area (Å²) < 4.78 is 33.0. The summed E-state index contributed by atoms with van der Waals surface area (Å²) in [6.45, 7) is 0.766. The Balaban J connectivity index is 1.58. The maximum Gasteiger partial charge on any atom is 0.190 e. The van der Waals surface area contributed by atoms with E-state index < -0.39 is 23.8 Å². The molecule has 3 aromatic carbocycles. The van der Waals surface area contributed by atoms with Crippen LogP contribution in [0, 0.1) is 11.6 Å². The maximum absolute atomic E-state index is 13.9. The number of benzene rings is 3. The fourth-order valence-electron chi connectivity index (χ4n) is 4.37. The van der Waals surface area contributed by atoms with E-state index >= 15 is 0 Å². The molecule has 1 heterocycles. The number of aliphatic hydroxyl groups is 1. The summed E-state index contributed by atoms with van der Waals surface area (Å²) in [4.78, 5) is 9.07. The molecule has 0 radical (unpaired) electrons. The van der Waals surface area contributed by atoms with Crippen LogP contribution in [0.4, 0.5) is 14.6 Å². The second-order valence-electron chi connectivity index (χ2n) is 9.21. The lowest BCUT2D eigenvalue weighted by molar-refractivity contribution is 0.145. The van der Waals surface area contributed by atoms with Gasteiger partial charge in [-0.2, -0.15) is 0 Å². The Morgan fingerprint density at radius 2 is 1.73 bits per heavy atom. The zero-order valence-corrected chi connectivity index (χ0v) is 23.8. The highest BCUT2D eigenvalue weighted by atomic mass is 35.5. The van der Waals surface area contributed by atoms with Crippen LogP contribution in [0.1, 0.15) is 17.5 Å². The molecular weight excluding hydrogens is 554 g/mol. The molecule has 0 spiro atoms. The van der Waals surface area contributed by atoms with Gasteiger partial charge in [0.15, 0.2) is 5.16 Å². The van der Waals surface area contributed by atoms with E-state index in [1.165, 1.54) is 23.9 Å². The Labute approximate surface area is 242 Å². The quantitative estimate of drug-likeness (QED) is 0.0957. The smallest absolute Gasteiger partial charge is 0.190 e. The van der Waals surface area contributed by atoms with Gasteiger partial charge in [0, 0.05) is 19.2 Å². The Hall–Kier alpha value is -3.24. The van der Waals surface area contributed by atoms with E-state index in [0.717, 1.165) is 22.9 Å². The third kappa shape index (κ3) is 8.14. The average molecular weight is 585 g/mol. The zero-order valence-electron chi connectivity index (χ0n) is 22.2. The summed E-state index contributed by atoms with van der Waals surface area (Å²) in [5.41, 5.74) is 2.93. The van der Waals surface area contributed by atoms with E-state index in [9.17, 15) is 13.9 Å². The first kappa shape index (κ1) is 29.7. The highest BCUT2D eigenvalue weighted by Gasteiger charge is 2.23. The number of aliphatic hydroxyl groups excluding tert-OH is 1. The third-order valence-corrected chi connectivity index (χ3v) is 7.18. The molecule has 0 unspecified atom stereocenters. The number of anilines is 1. The lowest BCUT2D eigenvalue weighted by Gasteiger charge is -2.27. The number of aryl methyl sites for hydroxylation is 1. The van der Waals surface area contributed by atoms with Crippen molar-refractivity contribution in [1.82, 2.24) is 15.3 Å². The van der Waals surface area contributed by atoms with E-state index in [4.69, 9.17) is 16.3 Å². The molecule has 0 bridgehead atoms. The van der Waals surface area contributed by atoms with E-state index in [0.29, 0.717) is 41.5 Å². The molecule has 2 atom stereocenters. The first-order chi connectivity index (χ1) is 19.4. The SMILES string of the molecule is COc1cccc(CNC[C@@H](O)[C@H](CCc2cc(F)cc(F)c2)Nc2nc(SC)nc(Cl)c2-c2ccccc2)c1. The van der Waals surface area contributed by atoms with Crippen LogP contribution in [0.5, 0.6) is 5.75 Å². The standard InChI is InChI=1S/C30H31ClF2N4O2S/c1-39-24-10-6-7-20(15-24)17-34-18-26(38)25(12-11-19-13-22(32)16-23(33)14-19)35-29-27(21-8-4-3-5-9-21)28(31)36-30(37-29)40-2/h3-10,13-16,25-26,34,38H,11-12,17-18H2,1-2H3,(H,35,36,37)/t25-,26+/m0/s1. The number of nitrogens with one attached hydrogen (secondary N) is 2. The third-order valence-electron chi connectivity index (χ3n) is 6.36. The molecule has 0 aliphatic carbocycles. The Morgan fingerprint density at radius 3 is 2.42 bits per heavy atom. The van der Waals surface area contributed by atoms with Crippen LogP contribution >= 0.6 is 23.4 Å². The number of thioether (sulfide) groups is 1. The van der Waals surface area contributed by atoms with Gasteiger partial charge in [-0.05, 0) is 60.1 Å². The van der Waals surface area contributed by atoms with Crippen LogP contribution in [0.25, 0.3) is 11.1 Å². The van der Waals surface area contributed by atoms with Crippen LogP contribution in [0.15, 0.2) is 78.0 Å². The lowest BCUT2D eigenvalue weighted by atomic mass is 9.99. The van der Waals surface area contributed by atoms with Crippen molar-refractivity contribution >= 4 is 29.2 Å². The van der Waals surface area contributed by atoms with E-state index in [2.05, 4.69) is 20.6 Å². The van der Waals surface area contributed by atoms with Crippen LogP contribution in [0.3, 0.4) is 0 Å². The minimum absolute atomic E-state index is 0.251. The fraction of sp³-hybridized carbons (Fsp3) is 0.267. The van der Waals surface area contributed by atoms with Crippen molar-refractivity contribution in [1.29, 1.82) is 0 Å². The Kier molecular flexibility index (Phi) is 10.7. The molecule has 4 rings (SSSR count). The zero-order chi connectivity index (χ0) is 28.5. The van der Waals surface area contributed by atoms with E-state index in [-0.39, 0.29) is 11.7 Å². The van der Waals surface area contributed by atoms with Gasteiger partial charge in [0.2, 0.25) is 0 Å². The number of rotatable bonds is 13. The fourth-order valence-corrected chi connectivity index (χ4v) is 5.07. The molecule has 1 aromatic heterocycles. The number of hydrogen-bond acceptors (Lipinski definition) is 7. The van der Waals surface area contributed by atoms with Gasteiger partial charge in [-0.3, -0.25) is 0 Å². The molecular formula is C30H31ClF2N4O2S. The molecule has 10 heteroatoms. The maximum atomic E-state index is 13.9. The van der Waals surface area contributed by atoms with Gasteiger partial charge in [-0.1, -0.05) is 65.8 Å². The molecule has 0 amide bonds. The van der Waals surface area contributed by atoms with Gasteiger partial charge in [0.1, 0.15) is 28.4 Å². The second kappa shape index (κ2) is 14.4. The normalized spacial score (nSPS) is 12.7.